The molecule has 8 heteroatoms. The van der Waals surface area contributed by atoms with Gasteiger partial charge in [0.2, 0.25) is 0 Å². The molecule has 0 unspecified atom stereocenters. The normalized spacial score (nSPS) is 14.8. The third-order valence-electron chi connectivity index (χ3n) is 4.72. The van der Waals surface area contributed by atoms with Crippen LogP contribution >= 0.6 is 11.8 Å². The number of carbonyl (C=O) groups is 3. The van der Waals surface area contributed by atoms with Gasteiger partial charge in [-0.15, -0.1) is 0 Å². The van der Waals surface area contributed by atoms with Gasteiger partial charge in [-0.1, -0.05) is 31.5 Å². The molecule has 1 fully saturated rings. The standard InChI is InChI=1S/C24H25NO6S/c1-3-5-6-16-7-10-18(11-8-16)25-23(28)21(32-24(25)29)14-17-9-12-19(31-15-22(26)27)20(13-17)30-4-2/h7-14H,3-6,15H2,1-2H3,(H,26,27)/b21-14+. The predicted molar refractivity (Wildman–Crippen MR) is 124 cm³/mol. The Kier molecular flexibility index (Phi) is 7.94. The average Bonchev–Trinajstić information content (AvgIpc) is 3.05. The van der Waals surface area contributed by atoms with Crippen molar-refractivity contribution >= 4 is 40.6 Å². The van der Waals surface area contributed by atoms with Crippen molar-refractivity contribution in [3.63, 3.8) is 0 Å². The number of rotatable bonds is 10. The van der Waals surface area contributed by atoms with Gasteiger partial charge in [0.15, 0.2) is 18.1 Å². The van der Waals surface area contributed by atoms with Crippen molar-refractivity contribution in [1.82, 2.24) is 0 Å². The van der Waals surface area contributed by atoms with Crippen molar-refractivity contribution in [1.29, 1.82) is 0 Å². The number of nitrogens with zero attached hydrogens (tertiary/aromatic N) is 1. The summed E-state index contributed by atoms with van der Waals surface area (Å²) in [5.74, 6) is -0.818. The molecular weight excluding hydrogens is 430 g/mol. The second-order valence-corrected chi connectivity index (χ2v) is 8.10. The minimum Gasteiger partial charge on any atom is -0.490 e. The van der Waals surface area contributed by atoms with Crippen molar-refractivity contribution in [2.45, 2.75) is 33.1 Å². The number of carboxylic acid groups (broad SMARTS) is 1. The molecule has 7 nitrogen and oxygen atoms in total. The van der Waals surface area contributed by atoms with Gasteiger partial charge in [-0.05, 0) is 73.0 Å². The first kappa shape index (κ1) is 23.4. The Morgan fingerprint density at radius 2 is 1.81 bits per heavy atom. The molecule has 32 heavy (non-hydrogen) atoms. The number of amides is 2. The molecule has 0 atom stereocenters. The third kappa shape index (κ3) is 5.70. The Labute approximate surface area is 191 Å². The van der Waals surface area contributed by atoms with E-state index in [1.165, 1.54) is 10.5 Å². The zero-order chi connectivity index (χ0) is 23.1. The third-order valence-corrected chi connectivity index (χ3v) is 5.59. The van der Waals surface area contributed by atoms with Gasteiger partial charge in [-0.2, -0.15) is 0 Å². The first-order valence-corrected chi connectivity index (χ1v) is 11.2. The molecule has 0 aromatic heterocycles. The van der Waals surface area contributed by atoms with E-state index in [-0.39, 0.29) is 11.1 Å². The van der Waals surface area contributed by atoms with E-state index in [0.29, 0.717) is 34.3 Å². The van der Waals surface area contributed by atoms with Crippen LogP contribution in [0.4, 0.5) is 10.5 Å². The van der Waals surface area contributed by atoms with Gasteiger partial charge in [-0.3, -0.25) is 9.59 Å². The van der Waals surface area contributed by atoms with Crippen LogP contribution in [0.25, 0.3) is 6.08 Å². The smallest absolute Gasteiger partial charge is 0.341 e. The number of ether oxygens (including phenoxy) is 2. The molecule has 0 bridgehead atoms. The monoisotopic (exact) mass is 455 g/mol. The van der Waals surface area contributed by atoms with Crippen LogP contribution < -0.4 is 14.4 Å². The SMILES string of the molecule is CCCCc1ccc(N2C(=O)S/C(=C/c3ccc(OCC(=O)O)c(OCC)c3)C2=O)cc1. The molecular formula is C24H25NO6S. The topological polar surface area (TPSA) is 93.1 Å². The van der Waals surface area contributed by atoms with Crippen LogP contribution in [0, 0.1) is 0 Å². The van der Waals surface area contributed by atoms with E-state index in [2.05, 4.69) is 6.92 Å². The van der Waals surface area contributed by atoms with Crippen molar-refractivity contribution in [3.8, 4) is 11.5 Å². The first-order valence-electron chi connectivity index (χ1n) is 10.4. The van der Waals surface area contributed by atoms with Crippen LogP contribution in [-0.4, -0.2) is 35.4 Å². The number of unbranched alkanes of at least 4 members (excludes halogenated alkanes) is 1. The molecule has 1 heterocycles. The van der Waals surface area contributed by atoms with Gasteiger partial charge in [0.1, 0.15) is 0 Å². The van der Waals surface area contributed by atoms with Gasteiger partial charge in [0.25, 0.3) is 11.1 Å². The van der Waals surface area contributed by atoms with Crippen molar-refractivity contribution < 1.29 is 29.0 Å². The number of imide groups is 1. The zero-order valence-electron chi connectivity index (χ0n) is 18.0. The fourth-order valence-electron chi connectivity index (χ4n) is 3.18. The molecule has 2 aromatic carbocycles. The lowest BCUT2D eigenvalue weighted by Crippen LogP contribution is -2.27. The molecule has 168 valence electrons. The molecule has 0 radical (unpaired) electrons. The van der Waals surface area contributed by atoms with Gasteiger partial charge < -0.3 is 14.6 Å². The van der Waals surface area contributed by atoms with E-state index in [1.54, 1.807) is 43.3 Å². The molecule has 0 saturated carbocycles. The van der Waals surface area contributed by atoms with Crippen molar-refractivity contribution in [3.05, 3.63) is 58.5 Å². The number of hydrogen-bond donors (Lipinski definition) is 1. The molecule has 3 rings (SSSR count). The van der Waals surface area contributed by atoms with Crippen LogP contribution in [0.2, 0.25) is 0 Å². The minimum absolute atomic E-state index is 0.294. The lowest BCUT2D eigenvalue weighted by atomic mass is 10.1. The summed E-state index contributed by atoms with van der Waals surface area (Å²) in [6, 6.07) is 12.4. The van der Waals surface area contributed by atoms with Crippen molar-refractivity contribution in [2.24, 2.45) is 0 Å². The number of carbonyl (C=O) groups excluding carboxylic acids is 2. The summed E-state index contributed by atoms with van der Waals surface area (Å²) in [6.45, 7) is 3.80. The molecule has 1 aliphatic rings. The minimum atomic E-state index is -1.09. The summed E-state index contributed by atoms with van der Waals surface area (Å²) in [7, 11) is 0. The number of anilines is 1. The highest BCUT2D eigenvalue weighted by molar-refractivity contribution is 8.19. The van der Waals surface area contributed by atoms with Gasteiger partial charge >= 0.3 is 5.97 Å². The number of carboxylic acids is 1. The molecule has 0 spiro atoms. The predicted octanol–water partition coefficient (Wildman–Crippen LogP) is 5.13. The molecule has 1 saturated heterocycles. The quantitative estimate of drug-likeness (QED) is 0.496. The molecule has 0 aliphatic carbocycles. The fourth-order valence-corrected chi connectivity index (χ4v) is 4.02. The number of thioether (sulfide) groups is 1. The molecule has 1 N–H and O–H groups in total. The maximum atomic E-state index is 12.9. The van der Waals surface area contributed by atoms with Gasteiger partial charge in [0.05, 0.1) is 17.2 Å². The fraction of sp³-hybridized carbons (Fsp3) is 0.292. The summed E-state index contributed by atoms with van der Waals surface area (Å²) in [6.07, 6.45) is 4.78. The highest BCUT2D eigenvalue weighted by atomic mass is 32.2. The molecule has 2 aromatic rings. The summed E-state index contributed by atoms with van der Waals surface area (Å²) < 4.78 is 10.8. The zero-order valence-corrected chi connectivity index (χ0v) is 18.8. The maximum absolute atomic E-state index is 12.9. The van der Waals surface area contributed by atoms with Crippen LogP contribution in [-0.2, 0) is 16.0 Å². The Balaban J connectivity index is 1.80. The van der Waals surface area contributed by atoms with E-state index in [9.17, 15) is 14.4 Å². The maximum Gasteiger partial charge on any atom is 0.341 e. The summed E-state index contributed by atoms with van der Waals surface area (Å²) in [5.41, 5.74) is 2.35. The molecule has 1 aliphatic heterocycles. The number of aryl methyl sites for hydroxylation is 1. The highest BCUT2D eigenvalue weighted by Gasteiger charge is 2.36. The Morgan fingerprint density at radius 3 is 2.47 bits per heavy atom. The van der Waals surface area contributed by atoms with E-state index >= 15 is 0 Å². The summed E-state index contributed by atoms with van der Waals surface area (Å²) >= 11 is 0.876. The second-order valence-electron chi connectivity index (χ2n) is 7.11. The Morgan fingerprint density at radius 1 is 1.06 bits per heavy atom. The van der Waals surface area contributed by atoms with Crippen LogP contribution in [0.5, 0.6) is 11.5 Å². The summed E-state index contributed by atoms with van der Waals surface area (Å²) in [5, 5.41) is 8.46. The largest absolute Gasteiger partial charge is 0.490 e. The first-order chi connectivity index (χ1) is 15.4. The number of hydrogen-bond acceptors (Lipinski definition) is 6. The van der Waals surface area contributed by atoms with Crippen LogP contribution in [0.15, 0.2) is 47.4 Å². The highest BCUT2D eigenvalue weighted by Crippen LogP contribution is 2.37. The van der Waals surface area contributed by atoms with Crippen molar-refractivity contribution in [2.75, 3.05) is 18.1 Å². The molecule has 2 amide bonds. The number of benzene rings is 2. The second kappa shape index (κ2) is 10.9. The summed E-state index contributed by atoms with van der Waals surface area (Å²) in [4.78, 5) is 37.7. The van der Waals surface area contributed by atoms with Gasteiger partial charge in [-0.25, -0.2) is 9.69 Å². The van der Waals surface area contributed by atoms with Crippen LogP contribution in [0.1, 0.15) is 37.8 Å². The average molecular weight is 456 g/mol. The number of aliphatic carboxylic acids is 1. The van der Waals surface area contributed by atoms with E-state index < -0.39 is 12.6 Å². The van der Waals surface area contributed by atoms with Crippen LogP contribution in [0.3, 0.4) is 0 Å². The lowest BCUT2D eigenvalue weighted by Gasteiger charge is -2.13. The van der Waals surface area contributed by atoms with E-state index in [0.717, 1.165) is 31.0 Å². The lowest BCUT2D eigenvalue weighted by molar-refractivity contribution is -0.139. The Bertz CT molecular complexity index is 1030. The van der Waals surface area contributed by atoms with E-state index in [4.69, 9.17) is 14.6 Å². The van der Waals surface area contributed by atoms with Gasteiger partial charge in [0, 0.05) is 0 Å². The Hall–Kier alpha value is -3.26. The van der Waals surface area contributed by atoms with E-state index in [1.807, 2.05) is 12.1 Å².